The van der Waals surface area contributed by atoms with Crippen molar-refractivity contribution in [2.24, 2.45) is 0 Å². The lowest BCUT2D eigenvalue weighted by Crippen LogP contribution is -2.47. The molecule has 5 heteroatoms. The molecular formula is C21H23N3O2. The zero-order chi connectivity index (χ0) is 18.5. The van der Waals surface area contributed by atoms with Gasteiger partial charge in [0.25, 0.3) is 0 Å². The fraction of sp³-hybridized carbons (Fsp3) is 0.333. The fourth-order valence-corrected chi connectivity index (χ4v) is 3.36. The van der Waals surface area contributed by atoms with Gasteiger partial charge in [0.1, 0.15) is 11.8 Å². The number of para-hydroxylation sites is 1. The van der Waals surface area contributed by atoms with Crippen molar-refractivity contribution in [3.63, 3.8) is 0 Å². The van der Waals surface area contributed by atoms with E-state index in [0.717, 1.165) is 19.5 Å². The molecule has 1 aliphatic rings. The van der Waals surface area contributed by atoms with E-state index >= 15 is 0 Å². The highest BCUT2D eigenvalue weighted by atomic mass is 16.5. The highest BCUT2D eigenvalue weighted by Crippen LogP contribution is 2.25. The van der Waals surface area contributed by atoms with Crippen LogP contribution in [0.25, 0.3) is 0 Å². The van der Waals surface area contributed by atoms with E-state index in [2.05, 4.69) is 34.5 Å². The van der Waals surface area contributed by atoms with E-state index in [-0.39, 0.29) is 11.9 Å². The second kappa shape index (κ2) is 8.03. The minimum absolute atomic E-state index is 0.151. The summed E-state index contributed by atoms with van der Waals surface area (Å²) in [5.41, 5.74) is 3.28. The minimum atomic E-state index is -0.738. The van der Waals surface area contributed by atoms with Crippen molar-refractivity contribution >= 4 is 5.91 Å². The van der Waals surface area contributed by atoms with Gasteiger partial charge < -0.3 is 10.1 Å². The number of rotatable bonds is 5. The maximum Gasteiger partial charge on any atom is 0.238 e. The molecule has 0 radical (unpaired) electrons. The van der Waals surface area contributed by atoms with Crippen molar-refractivity contribution in [1.82, 2.24) is 10.2 Å². The summed E-state index contributed by atoms with van der Waals surface area (Å²) in [6, 6.07) is 16.7. The number of hydrogen-bond acceptors (Lipinski definition) is 4. The average molecular weight is 349 g/mol. The van der Waals surface area contributed by atoms with E-state index in [1.54, 1.807) is 19.2 Å². The number of carbonyl (C=O) groups excluding carboxylic acids is 1. The van der Waals surface area contributed by atoms with Gasteiger partial charge in [-0.25, -0.2) is 0 Å². The van der Waals surface area contributed by atoms with E-state index in [9.17, 15) is 10.1 Å². The molecule has 2 aromatic carbocycles. The highest BCUT2D eigenvalue weighted by Gasteiger charge is 2.27. The molecule has 1 amide bonds. The number of methoxy groups -OCH3 is 1. The number of ether oxygens (including phenoxy) is 1. The normalized spacial score (nSPS) is 16.0. The Morgan fingerprint density at radius 3 is 2.62 bits per heavy atom. The summed E-state index contributed by atoms with van der Waals surface area (Å²) in [5, 5.41) is 12.4. The largest absolute Gasteiger partial charge is 0.496 e. The van der Waals surface area contributed by atoms with Crippen LogP contribution >= 0.6 is 0 Å². The fourth-order valence-electron chi connectivity index (χ4n) is 3.36. The first-order valence-corrected chi connectivity index (χ1v) is 8.77. The monoisotopic (exact) mass is 349 g/mol. The van der Waals surface area contributed by atoms with Gasteiger partial charge in [-0.05, 0) is 30.5 Å². The minimum Gasteiger partial charge on any atom is -0.496 e. The Morgan fingerprint density at radius 1 is 1.19 bits per heavy atom. The molecule has 2 aromatic rings. The molecule has 0 fully saturated rings. The van der Waals surface area contributed by atoms with Crippen LogP contribution in [0.1, 0.15) is 29.7 Å². The Hall–Kier alpha value is -2.84. The molecule has 3 rings (SSSR count). The summed E-state index contributed by atoms with van der Waals surface area (Å²) in [5.74, 6) is 0.445. The predicted molar refractivity (Wildman–Crippen MR) is 99.5 cm³/mol. The summed E-state index contributed by atoms with van der Waals surface area (Å²) in [6.07, 6.45) is 0.933. The Morgan fingerprint density at radius 2 is 1.88 bits per heavy atom. The van der Waals surface area contributed by atoms with Crippen LogP contribution in [0, 0.1) is 11.3 Å². The number of nitrogens with one attached hydrogen (secondary N) is 1. The van der Waals surface area contributed by atoms with Crippen LogP contribution in [0.5, 0.6) is 5.75 Å². The predicted octanol–water partition coefficient (Wildman–Crippen LogP) is 2.82. The molecule has 0 bridgehead atoms. The molecule has 134 valence electrons. The zero-order valence-electron chi connectivity index (χ0n) is 15.1. The Labute approximate surface area is 154 Å². The molecule has 0 saturated carbocycles. The first-order chi connectivity index (χ1) is 12.6. The van der Waals surface area contributed by atoms with Gasteiger partial charge in [0.05, 0.1) is 19.2 Å². The highest BCUT2D eigenvalue weighted by molar-refractivity contribution is 5.82. The van der Waals surface area contributed by atoms with Crippen molar-refractivity contribution in [3.8, 4) is 11.8 Å². The number of benzene rings is 2. The van der Waals surface area contributed by atoms with E-state index in [1.807, 2.05) is 25.1 Å². The maximum absolute atomic E-state index is 12.8. The van der Waals surface area contributed by atoms with Gasteiger partial charge >= 0.3 is 0 Å². The third kappa shape index (κ3) is 3.71. The smallest absolute Gasteiger partial charge is 0.238 e. The molecule has 0 aliphatic carbocycles. The summed E-state index contributed by atoms with van der Waals surface area (Å²) in [7, 11) is 1.56. The second-order valence-electron chi connectivity index (χ2n) is 6.48. The van der Waals surface area contributed by atoms with Crippen molar-refractivity contribution in [2.45, 2.75) is 32.0 Å². The first kappa shape index (κ1) is 18.0. The van der Waals surface area contributed by atoms with Gasteiger partial charge in [-0.1, -0.05) is 42.5 Å². The van der Waals surface area contributed by atoms with Crippen LogP contribution in [-0.4, -0.2) is 30.5 Å². The zero-order valence-corrected chi connectivity index (χ0v) is 15.1. The molecule has 26 heavy (non-hydrogen) atoms. The lowest BCUT2D eigenvalue weighted by Gasteiger charge is -2.33. The Balaban J connectivity index is 1.70. The Kier molecular flexibility index (Phi) is 5.55. The second-order valence-corrected chi connectivity index (χ2v) is 6.48. The van der Waals surface area contributed by atoms with Crippen LogP contribution in [0.2, 0.25) is 0 Å². The number of fused-ring (bicyclic) bond motifs is 1. The molecule has 0 saturated heterocycles. The standard InChI is InChI=1S/C21H23N3O2/c1-15(24-12-11-16-7-3-4-8-17(16)14-24)21(25)23-19(13-22)18-9-5-6-10-20(18)26-2/h3-10,15,19H,11-12,14H2,1-2H3,(H,23,25)/t15-,19+/m1/s1. The SMILES string of the molecule is COc1ccccc1[C@H](C#N)NC(=O)[C@@H](C)N1CCc2ccccc2C1. The lowest BCUT2D eigenvalue weighted by molar-refractivity contribution is -0.126. The molecule has 0 unspecified atom stereocenters. The van der Waals surface area contributed by atoms with E-state index in [1.165, 1.54) is 11.1 Å². The molecule has 2 atom stereocenters. The van der Waals surface area contributed by atoms with E-state index < -0.39 is 6.04 Å². The van der Waals surface area contributed by atoms with Crippen LogP contribution in [0.4, 0.5) is 0 Å². The van der Waals surface area contributed by atoms with Crippen molar-refractivity contribution in [2.75, 3.05) is 13.7 Å². The number of amides is 1. The number of nitrogens with zero attached hydrogens (tertiary/aromatic N) is 2. The average Bonchev–Trinajstić information content (AvgIpc) is 2.70. The molecule has 0 spiro atoms. The van der Waals surface area contributed by atoms with Gasteiger partial charge in [0.2, 0.25) is 5.91 Å². The van der Waals surface area contributed by atoms with Crippen molar-refractivity contribution in [3.05, 3.63) is 65.2 Å². The topological polar surface area (TPSA) is 65.4 Å². The summed E-state index contributed by atoms with van der Waals surface area (Å²) in [6.45, 7) is 3.47. The van der Waals surface area contributed by atoms with E-state index in [4.69, 9.17) is 4.74 Å². The van der Waals surface area contributed by atoms with Crippen LogP contribution in [0.3, 0.4) is 0 Å². The quantitative estimate of drug-likeness (QED) is 0.901. The van der Waals surface area contributed by atoms with Gasteiger partial charge in [0, 0.05) is 18.7 Å². The van der Waals surface area contributed by atoms with Crippen LogP contribution < -0.4 is 10.1 Å². The van der Waals surface area contributed by atoms with E-state index in [0.29, 0.717) is 11.3 Å². The molecule has 5 nitrogen and oxygen atoms in total. The third-order valence-electron chi connectivity index (χ3n) is 4.95. The summed E-state index contributed by atoms with van der Waals surface area (Å²) < 4.78 is 5.31. The van der Waals surface area contributed by atoms with Crippen LogP contribution in [-0.2, 0) is 17.8 Å². The van der Waals surface area contributed by atoms with Gasteiger partial charge in [-0.3, -0.25) is 9.69 Å². The molecule has 1 heterocycles. The Bertz CT molecular complexity index is 828. The van der Waals surface area contributed by atoms with Crippen molar-refractivity contribution < 1.29 is 9.53 Å². The number of hydrogen-bond donors (Lipinski definition) is 1. The van der Waals surface area contributed by atoms with Crippen LogP contribution in [0.15, 0.2) is 48.5 Å². The number of carbonyl (C=O) groups is 1. The van der Waals surface area contributed by atoms with Gasteiger partial charge in [-0.2, -0.15) is 5.26 Å². The lowest BCUT2D eigenvalue weighted by atomic mass is 9.98. The molecular weight excluding hydrogens is 326 g/mol. The van der Waals surface area contributed by atoms with Gasteiger partial charge in [0.15, 0.2) is 0 Å². The summed E-state index contributed by atoms with van der Waals surface area (Å²) >= 11 is 0. The van der Waals surface area contributed by atoms with Gasteiger partial charge in [-0.15, -0.1) is 0 Å². The molecule has 1 aliphatic heterocycles. The molecule has 1 N–H and O–H groups in total. The maximum atomic E-state index is 12.8. The number of nitriles is 1. The first-order valence-electron chi connectivity index (χ1n) is 8.77. The van der Waals surface area contributed by atoms with Crippen molar-refractivity contribution in [1.29, 1.82) is 5.26 Å². The molecule has 0 aromatic heterocycles. The summed E-state index contributed by atoms with van der Waals surface area (Å²) in [4.78, 5) is 14.9. The third-order valence-corrected chi connectivity index (χ3v) is 4.95.